The van der Waals surface area contributed by atoms with E-state index >= 15 is 0 Å². The number of benzene rings is 1. The maximum atomic E-state index is 12.8. The highest BCUT2D eigenvalue weighted by Gasteiger charge is 2.42. The molecule has 1 atom stereocenters. The number of H-pyrrole nitrogens is 1. The molecule has 37 heavy (non-hydrogen) atoms. The minimum Gasteiger partial charge on any atom is -0.438 e. The van der Waals surface area contributed by atoms with E-state index in [9.17, 15) is 26.4 Å². The molecule has 200 valence electrons. The predicted molar refractivity (Wildman–Crippen MR) is 131 cm³/mol. The Bertz CT molecular complexity index is 1350. The topological polar surface area (TPSA) is 108 Å². The zero-order valence-corrected chi connectivity index (χ0v) is 21.2. The second-order valence-corrected chi connectivity index (χ2v) is 10.9. The van der Waals surface area contributed by atoms with Gasteiger partial charge in [-0.2, -0.15) is 17.5 Å². The van der Waals surface area contributed by atoms with Gasteiger partial charge >= 0.3 is 12.1 Å². The maximum Gasteiger partial charge on any atom is 0.490 e. The smallest absolute Gasteiger partial charge is 0.438 e. The summed E-state index contributed by atoms with van der Waals surface area (Å²) >= 11 is 0. The van der Waals surface area contributed by atoms with Crippen LogP contribution in [-0.2, 0) is 26.1 Å². The van der Waals surface area contributed by atoms with Crippen molar-refractivity contribution in [1.82, 2.24) is 24.5 Å². The van der Waals surface area contributed by atoms with Gasteiger partial charge in [-0.1, -0.05) is 12.1 Å². The van der Waals surface area contributed by atoms with E-state index in [0.717, 1.165) is 35.0 Å². The number of carbonyl (C=O) groups excluding carboxylic acids is 1. The van der Waals surface area contributed by atoms with Gasteiger partial charge in [0.1, 0.15) is 5.65 Å². The van der Waals surface area contributed by atoms with Crippen molar-refractivity contribution >= 4 is 27.0 Å². The van der Waals surface area contributed by atoms with Gasteiger partial charge in [-0.05, 0) is 62.3 Å². The van der Waals surface area contributed by atoms with E-state index in [2.05, 4.69) is 20.0 Å². The number of ether oxygens (including phenoxy) is 1. The molecule has 0 aliphatic carbocycles. The lowest BCUT2D eigenvalue weighted by atomic mass is 10.0. The molecule has 2 N–H and O–H groups in total. The van der Waals surface area contributed by atoms with Crippen molar-refractivity contribution in [1.29, 1.82) is 0 Å². The molecule has 0 saturated carbocycles. The second kappa shape index (κ2) is 10.8. The fourth-order valence-corrected chi connectivity index (χ4v) is 5.68. The number of nitrogens with one attached hydrogen (secondary N) is 2. The molecular weight excluding hydrogens is 511 g/mol. The van der Waals surface area contributed by atoms with Crippen LogP contribution in [0, 0.1) is 0 Å². The van der Waals surface area contributed by atoms with E-state index in [0.29, 0.717) is 18.7 Å². The fourth-order valence-electron chi connectivity index (χ4n) is 4.16. The molecular formula is C24H28F3N5O4S. The predicted octanol–water partition coefficient (Wildman–Crippen LogP) is 3.10. The largest absolute Gasteiger partial charge is 0.490 e. The van der Waals surface area contributed by atoms with Crippen molar-refractivity contribution in [2.45, 2.75) is 36.7 Å². The van der Waals surface area contributed by atoms with Gasteiger partial charge in [0, 0.05) is 43.5 Å². The van der Waals surface area contributed by atoms with E-state index in [1.54, 1.807) is 30.5 Å². The van der Waals surface area contributed by atoms with Gasteiger partial charge in [0.05, 0.1) is 4.90 Å². The quantitative estimate of drug-likeness (QED) is 0.318. The third-order valence-corrected chi connectivity index (χ3v) is 8.05. The fraction of sp³-hybridized carbons (Fsp3) is 0.417. The van der Waals surface area contributed by atoms with Crippen molar-refractivity contribution in [2.24, 2.45) is 0 Å². The van der Waals surface area contributed by atoms with Crippen LogP contribution in [0.5, 0.6) is 0 Å². The molecule has 0 radical (unpaired) electrons. The van der Waals surface area contributed by atoms with E-state index in [-0.39, 0.29) is 18.0 Å². The number of pyridine rings is 1. The maximum absolute atomic E-state index is 12.8. The van der Waals surface area contributed by atoms with Crippen LogP contribution in [0.15, 0.2) is 47.5 Å². The first-order chi connectivity index (χ1) is 17.5. The van der Waals surface area contributed by atoms with Crippen LogP contribution in [0.3, 0.4) is 0 Å². The Morgan fingerprint density at radius 2 is 1.86 bits per heavy atom. The standard InChI is InChI=1S/C24H28F3N5O4S/c1-31(2)21(36-23(33)24(25,26)27)15-28-14-17-13-20-19(9-10-29-22(20)30-17)16-5-7-18(8-6-16)37(34,35)32-11-3-4-12-32/h5-10,13,21,28H,3-4,11-12,14-15H2,1-2H3,(H,29,30). The monoisotopic (exact) mass is 539 g/mol. The zero-order chi connectivity index (χ0) is 26.8. The van der Waals surface area contributed by atoms with Crippen molar-refractivity contribution in [3.63, 3.8) is 0 Å². The summed E-state index contributed by atoms with van der Waals surface area (Å²) in [6.07, 6.45) is -2.80. The molecule has 1 aliphatic heterocycles. The second-order valence-electron chi connectivity index (χ2n) is 9.00. The number of alkyl halides is 3. The number of sulfonamides is 1. The van der Waals surface area contributed by atoms with Crippen molar-refractivity contribution in [3.8, 4) is 11.1 Å². The number of hydrogen-bond acceptors (Lipinski definition) is 7. The van der Waals surface area contributed by atoms with Gasteiger partial charge in [0.2, 0.25) is 10.0 Å². The van der Waals surface area contributed by atoms with Gasteiger partial charge in [-0.25, -0.2) is 18.2 Å². The first-order valence-electron chi connectivity index (χ1n) is 11.7. The Kier molecular flexibility index (Phi) is 7.88. The van der Waals surface area contributed by atoms with Crippen LogP contribution in [0.1, 0.15) is 18.5 Å². The summed E-state index contributed by atoms with van der Waals surface area (Å²) in [7, 11) is -0.485. The third kappa shape index (κ3) is 6.12. The number of halogens is 3. The highest BCUT2D eigenvalue weighted by Crippen LogP contribution is 2.30. The van der Waals surface area contributed by atoms with Crippen molar-refractivity contribution in [2.75, 3.05) is 33.7 Å². The van der Waals surface area contributed by atoms with E-state index in [1.165, 1.54) is 23.3 Å². The van der Waals surface area contributed by atoms with E-state index < -0.39 is 28.4 Å². The minimum absolute atomic E-state index is 0.0303. The lowest BCUT2D eigenvalue weighted by Crippen LogP contribution is -2.43. The number of carbonyl (C=O) groups is 1. The van der Waals surface area contributed by atoms with Crippen LogP contribution < -0.4 is 5.32 Å². The van der Waals surface area contributed by atoms with Crippen molar-refractivity contribution in [3.05, 3.63) is 48.3 Å². The average Bonchev–Trinajstić information content (AvgIpc) is 3.53. The first kappa shape index (κ1) is 27.0. The number of aromatic amines is 1. The number of rotatable bonds is 9. The molecule has 0 amide bonds. The summed E-state index contributed by atoms with van der Waals surface area (Å²) in [5, 5.41) is 3.80. The highest BCUT2D eigenvalue weighted by molar-refractivity contribution is 7.89. The van der Waals surface area contributed by atoms with Crippen LogP contribution in [0.4, 0.5) is 13.2 Å². The van der Waals surface area contributed by atoms with E-state index in [4.69, 9.17) is 0 Å². The summed E-state index contributed by atoms with van der Waals surface area (Å²) in [5.74, 6) is -2.24. The first-order valence-corrected chi connectivity index (χ1v) is 13.1. The molecule has 1 aromatic carbocycles. The van der Waals surface area contributed by atoms with E-state index in [1.807, 2.05) is 12.1 Å². The SMILES string of the molecule is CN(C)C(CNCc1cc2c(-c3ccc(S(=O)(=O)N4CCCC4)cc3)ccnc2[nH]1)OC(=O)C(F)(F)F. The normalized spacial score (nSPS) is 15.9. The Morgan fingerprint density at radius 3 is 2.49 bits per heavy atom. The molecule has 1 fully saturated rings. The van der Waals surface area contributed by atoms with Crippen LogP contribution in [0.25, 0.3) is 22.2 Å². The molecule has 3 aromatic rings. The lowest BCUT2D eigenvalue weighted by molar-refractivity contribution is -0.210. The lowest BCUT2D eigenvalue weighted by Gasteiger charge is -2.24. The molecule has 0 spiro atoms. The molecule has 0 bridgehead atoms. The number of likely N-dealkylation sites (N-methyl/N-ethyl adjacent to an activating group) is 1. The van der Waals surface area contributed by atoms with Gasteiger partial charge in [-0.15, -0.1) is 0 Å². The summed E-state index contributed by atoms with van der Waals surface area (Å²) in [6.45, 7) is 1.30. The summed E-state index contributed by atoms with van der Waals surface area (Å²) in [6, 6.07) is 10.4. The summed E-state index contributed by atoms with van der Waals surface area (Å²) < 4.78 is 69.3. The van der Waals surface area contributed by atoms with Crippen LogP contribution >= 0.6 is 0 Å². The van der Waals surface area contributed by atoms with Gasteiger partial charge < -0.3 is 15.0 Å². The molecule has 3 heterocycles. The third-order valence-electron chi connectivity index (χ3n) is 6.14. The van der Waals surface area contributed by atoms with Crippen LogP contribution in [0.2, 0.25) is 0 Å². The minimum atomic E-state index is -5.07. The Morgan fingerprint density at radius 1 is 1.19 bits per heavy atom. The Balaban J connectivity index is 1.47. The summed E-state index contributed by atoms with van der Waals surface area (Å²) in [5.41, 5.74) is 3.00. The molecule has 9 nitrogen and oxygen atoms in total. The molecule has 1 saturated heterocycles. The van der Waals surface area contributed by atoms with Crippen LogP contribution in [-0.4, -0.2) is 79.7 Å². The molecule has 1 unspecified atom stereocenters. The average molecular weight is 540 g/mol. The molecule has 1 aliphatic rings. The zero-order valence-electron chi connectivity index (χ0n) is 20.4. The van der Waals surface area contributed by atoms with Crippen molar-refractivity contribution < 1.29 is 31.1 Å². The van der Waals surface area contributed by atoms with Gasteiger partial charge in [0.15, 0.2) is 6.23 Å². The number of nitrogens with zero attached hydrogens (tertiary/aromatic N) is 3. The van der Waals surface area contributed by atoms with Gasteiger partial charge in [0.25, 0.3) is 0 Å². The number of aromatic nitrogens is 2. The molecule has 13 heteroatoms. The number of esters is 1. The molecule has 2 aromatic heterocycles. The highest BCUT2D eigenvalue weighted by atomic mass is 32.2. The Labute approximate surface area is 212 Å². The number of fused-ring (bicyclic) bond motifs is 1. The van der Waals surface area contributed by atoms with Gasteiger partial charge in [-0.3, -0.25) is 4.90 Å². The number of hydrogen-bond donors (Lipinski definition) is 2. The summed E-state index contributed by atoms with van der Waals surface area (Å²) in [4.78, 5) is 20.3. The Hall–Kier alpha value is -3.00. The molecule has 4 rings (SSSR count).